The number of nitrogens with two attached hydrogens (primary N) is 1. The fourth-order valence-corrected chi connectivity index (χ4v) is 2.00. The van der Waals surface area contributed by atoms with E-state index in [0.29, 0.717) is 16.7 Å². The van der Waals surface area contributed by atoms with Crippen molar-refractivity contribution in [2.45, 2.75) is 19.8 Å². The lowest BCUT2D eigenvalue weighted by Gasteiger charge is -1.95. The van der Waals surface area contributed by atoms with E-state index in [-0.39, 0.29) is 5.56 Å². The first kappa shape index (κ1) is 9.14. The monoisotopic (exact) mass is 210 g/mol. The molecule has 0 saturated carbocycles. The summed E-state index contributed by atoms with van der Waals surface area (Å²) in [7, 11) is 0. The number of nitrogens with zero attached hydrogens (tertiary/aromatic N) is 3. The van der Waals surface area contributed by atoms with Crippen LogP contribution in [0.4, 0.5) is 5.82 Å². The summed E-state index contributed by atoms with van der Waals surface area (Å²) in [6, 6.07) is 1.27. The Bertz CT molecular complexity index is 528. The zero-order chi connectivity index (χ0) is 10.3. The van der Waals surface area contributed by atoms with Crippen LogP contribution in [0.5, 0.6) is 0 Å². The van der Waals surface area contributed by atoms with Gasteiger partial charge in [-0.05, 0) is 0 Å². The van der Waals surface area contributed by atoms with E-state index in [2.05, 4.69) is 10.1 Å². The first-order chi connectivity index (χ1) is 6.58. The molecule has 0 aliphatic heterocycles. The number of nitrogen functional groups attached to an aromatic ring is 1. The molecule has 74 valence electrons. The van der Waals surface area contributed by atoms with Crippen molar-refractivity contribution in [2.24, 2.45) is 0 Å². The molecule has 2 heterocycles. The van der Waals surface area contributed by atoms with Crippen LogP contribution in [-0.2, 0) is 0 Å². The Kier molecular flexibility index (Phi) is 1.99. The van der Waals surface area contributed by atoms with Gasteiger partial charge in [0, 0.05) is 12.0 Å². The Morgan fingerprint density at radius 1 is 1.57 bits per heavy atom. The highest BCUT2D eigenvalue weighted by Gasteiger charge is 2.09. The van der Waals surface area contributed by atoms with Crippen LogP contribution in [0.3, 0.4) is 0 Å². The fraction of sp³-hybridized carbons (Fsp3) is 0.375. The summed E-state index contributed by atoms with van der Waals surface area (Å²) in [5, 5.41) is 5.19. The number of anilines is 1. The quantitative estimate of drug-likeness (QED) is 0.757. The lowest BCUT2D eigenvalue weighted by atomic mass is 10.2. The molecule has 0 fully saturated rings. The Labute approximate surface area is 84.2 Å². The van der Waals surface area contributed by atoms with Crippen LogP contribution >= 0.6 is 11.3 Å². The highest BCUT2D eigenvalue weighted by molar-refractivity contribution is 7.16. The average molecular weight is 210 g/mol. The van der Waals surface area contributed by atoms with Gasteiger partial charge in [0.1, 0.15) is 10.8 Å². The van der Waals surface area contributed by atoms with Gasteiger partial charge >= 0.3 is 0 Å². The van der Waals surface area contributed by atoms with Gasteiger partial charge in [-0.2, -0.15) is 14.6 Å². The number of fused-ring (bicyclic) bond motifs is 1. The molecule has 2 N–H and O–H groups in total. The zero-order valence-electron chi connectivity index (χ0n) is 7.89. The predicted octanol–water partition coefficient (Wildman–Crippen LogP) is 0.857. The molecule has 0 saturated heterocycles. The topological polar surface area (TPSA) is 73.3 Å². The van der Waals surface area contributed by atoms with Crippen LogP contribution in [0.15, 0.2) is 10.9 Å². The van der Waals surface area contributed by atoms with Crippen molar-refractivity contribution >= 4 is 22.1 Å². The molecule has 0 aromatic carbocycles. The molecule has 2 aromatic rings. The van der Waals surface area contributed by atoms with Crippen LogP contribution in [-0.4, -0.2) is 14.6 Å². The molecule has 14 heavy (non-hydrogen) atoms. The molecule has 2 aromatic heterocycles. The van der Waals surface area contributed by atoms with Gasteiger partial charge in [0.05, 0.1) is 0 Å². The lowest BCUT2D eigenvalue weighted by Crippen LogP contribution is -2.10. The average Bonchev–Trinajstić information content (AvgIpc) is 2.47. The summed E-state index contributed by atoms with van der Waals surface area (Å²) < 4.78 is 1.50. The molecule has 6 heteroatoms. The van der Waals surface area contributed by atoms with Crippen molar-refractivity contribution in [1.82, 2.24) is 14.6 Å². The van der Waals surface area contributed by atoms with E-state index in [0.717, 1.165) is 5.01 Å². The minimum absolute atomic E-state index is 0.316. The summed E-state index contributed by atoms with van der Waals surface area (Å²) in [5.74, 6) is 0.652. The third-order valence-corrected chi connectivity index (χ3v) is 3.00. The van der Waals surface area contributed by atoms with Crippen molar-refractivity contribution in [2.75, 3.05) is 5.73 Å². The number of hydrogen-bond donors (Lipinski definition) is 1. The first-order valence-corrected chi connectivity index (χ1v) is 5.06. The van der Waals surface area contributed by atoms with Gasteiger partial charge in [-0.15, -0.1) is 0 Å². The second kappa shape index (κ2) is 3.06. The largest absolute Gasteiger partial charge is 0.383 e. The Hall–Kier alpha value is -1.43. The molecule has 2 rings (SSSR count). The molecule has 0 unspecified atom stereocenters. The van der Waals surface area contributed by atoms with E-state index in [1.54, 1.807) is 0 Å². The number of aromatic nitrogens is 3. The third kappa shape index (κ3) is 1.37. The second-order valence-corrected chi connectivity index (χ2v) is 4.30. The Morgan fingerprint density at radius 2 is 2.29 bits per heavy atom. The standard InChI is InChI=1S/C8H10N4OS/c1-4(2)7-11-12-5(9)3-6(13)10-8(12)14-7/h3-4H,9H2,1-2H3. The molecule has 0 spiro atoms. The van der Waals surface area contributed by atoms with E-state index in [4.69, 9.17) is 5.73 Å². The van der Waals surface area contributed by atoms with Gasteiger partial charge in [0.15, 0.2) is 0 Å². The van der Waals surface area contributed by atoms with Crippen LogP contribution < -0.4 is 11.3 Å². The highest BCUT2D eigenvalue weighted by Crippen LogP contribution is 2.21. The van der Waals surface area contributed by atoms with Crippen LogP contribution in [0, 0.1) is 0 Å². The van der Waals surface area contributed by atoms with Crippen LogP contribution in [0.2, 0.25) is 0 Å². The summed E-state index contributed by atoms with van der Waals surface area (Å²) >= 11 is 1.39. The molecule has 0 atom stereocenters. The Morgan fingerprint density at radius 3 is 2.93 bits per heavy atom. The van der Waals surface area contributed by atoms with Gasteiger partial charge in [-0.3, -0.25) is 4.79 Å². The van der Waals surface area contributed by atoms with Crippen molar-refractivity contribution in [3.05, 3.63) is 21.4 Å². The van der Waals surface area contributed by atoms with Gasteiger partial charge in [-0.1, -0.05) is 25.2 Å². The maximum atomic E-state index is 11.1. The molecule has 0 bridgehead atoms. The summed E-state index contributed by atoms with van der Waals surface area (Å²) in [5.41, 5.74) is 5.32. The maximum Gasteiger partial charge on any atom is 0.276 e. The van der Waals surface area contributed by atoms with Gasteiger partial charge in [0.25, 0.3) is 5.56 Å². The van der Waals surface area contributed by atoms with E-state index >= 15 is 0 Å². The predicted molar refractivity (Wildman–Crippen MR) is 55.6 cm³/mol. The Balaban J connectivity index is 2.77. The number of rotatable bonds is 1. The van der Waals surface area contributed by atoms with Gasteiger partial charge < -0.3 is 5.73 Å². The van der Waals surface area contributed by atoms with Crippen LogP contribution in [0.1, 0.15) is 24.8 Å². The van der Waals surface area contributed by atoms with E-state index < -0.39 is 0 Å². The van der Waals surface area contributed by atoms with Crippen LogP contribution in [0.25, 0.3) is 4.96 Å². The minimum atomic E-state index is -0.318. The molecule has 0 radical (unpaired) electrons. The molecule has 0 aliphatic carbocycles. The third-order valence-electron chi connectivity index (χ3n) is 1.79. The number of hydrogen-bond acceptors (Lipinski definition) is 5. The molecule has 0 aliphatic rings. The second-order valence-electron chi connectivity index (χ2n) is 3.31. The minimum Gasteiger partial charge on any atom is -0.383 e. The molecule has 5 nitrogen and oxygen atoms in total. The summed E-state index contributed by atoms with van der Waals surface area (Å²) in [6.07, 6.45) is 0. The fourth-order valence-electron chi connectivity index (χ4n) is 1.08. The van der Waals surface area contributed by atoms with Crippen molar-refractivity contribution in [3.63, 3.8) is 0 Å². The summed E-state index contributed by atoms with van der Waals surface area (Å²) in [6.45, 7) is 4.07. The van der Waals surface area contributed by atoms with Gasteiger partial charge in [-0.25, -0.2) is 0 Å². The van der Waals surface area contributed by atoms with Crippen molar-refractivity contribution < 1.29 is 0 Å². The smallest absolute Gasteiger partial charge is 0.276 e. The molecular weight excluding hydrogens is 200 g/mol. The highest BCUT2D eigenvalue weighted by atomic mass is 32.1. The van der Waals surface area contributed by atoms with E-state index in [1.807, 2.05) is 13.8 Å². The van der Waals surface area contributed by atoms with E-state index in [9.17, 15) is 4.79 Å². The SMILES string of the molecule is CC(C)c1nn2c(N)cc(=O)nc2s1. The van der Waals surface area contributed by atoms with E-state index in [1.165, 1.54) is 21.9 Å². The normalized spacial score (nSPS) is 11.4. The zero-order valence-corrected chi connectivity index (χ0v) is 8.71. The maximum absolute atomic E-state index is 11.1. The summed E-state index contributed by atoms with van der Waals surface area (Å²) in [4.78, 5) is 15.4. The molecular formula is C8H10N4OS. The lowest BCUT2D eigenvalue weighted by molar-refractivity contribution is 0.799. The van der Waals surface area contributed by atoms with Crippen molar-refractivity contribution in [1.29, 1.82) is 0 Å². The van der Waals surface area contributed by atoms with Gasteiger partial charge in [0.2, 0.25) is 4.96 Å². The first-order valence-electron chi connectivity index (χ1n) is 4.24. The molecule has 0 amide bonds. The van der Waals surface area contributed by atoms with Crippen molar-refractivity contribution in [3.8, 4) is 0 Å².